The quantitative estimate of drug-likeness (QED) is 0.423. The molecular weight excluding hydrogens is 440 g/mol. The van der Waals surface area contributed by atoms with Gasteiger partial charge in [0.2, 0.25) is 5.91 Å². The molecule has 3 aromatic rings. The molecule has 0 aliphatic carbocycles. The van der Waals surface area contributed by atoms with Crippen molar-refractivity contribution in [3.05, 3.63) is 45.6 Å². The van der Waals surface area contributed by atoms with Crippen LogP contribution in [0.5, 0.6) is 0 Å². The minimum absolute atomic E-state index is 0.0255. The Hall–Kier alpha value is -3.18. The fraction of sp³-hybridized carbons (Fsp3) is 0.250. The van der Waals surface area contributed by atoms with Crippen molar-refractivity contribution >= 4 is 46.6 Å². The number of carbonyl (C=O) groups is 3. The van der Waals surface area contributed by atoms with Crippen molar-refractivity contribution in [1.82, 2.24) is 14.8 Å². The number of thioether (sulfide) groups is 1. The topological polar surface area (TPSA) is 112 Å². The molecule has 0 saturated carbocycles. The molecule has 2 aromatic heterocycles. The predicted molar refractivity (Wildman–Crippen MR) is 118 cm³/mol. The van der Waals surface area contributed by atoms with E-state index in [1.165, 1.54) is 49.1 Å². The summed E-state index contributed by atoms with van der Waals surface area (Å²) in [4.78, 5) is 37.5. The van der Waals surface area contributed by atoms with E-state index in [-0.39, 0.29) is 28.5 Å². The predicted octanol–water partition coefficient (Wildman–Crippen LogP) is 3.16. The maximum absolute atomic E-state index is 12.5. The summed E-state index contributed by atoms with van der Waals surface area (Å²) in [6, 6.07) is 6.23. The number of aryl methyl sites for hydroxylation is 1. The van der Waals surface area contributed by atoms with Crippen LogP contribution in [0, 0.1) is 6.92 Å². The first kappa shape index (κ1) is 22.5. The molecule has 0 radical (unpaired) electrons. The molecule has 0 fully saturated rings. The van der Waals surface area contributed by atoms with Gasteiger partial charge in [0.1, 0.15) is 0 Å². The number of aromatic nitrogens is 3. The van der Waals surface area contributed by atoms with Crippen LogP contribution < -0.4 is 5.32 Å². The second-order valence-electron chi connectivity index (χ2n) is 6.39. The maximum Gasteiger partial charge on any atom is 0.339 e. The normalized spacial score (nSPS) is 10.6. The number of anilines is 1. The molecule has 0 aliphatic rings. The smallest absolute Gasteiger partial charge is 0.339 e. The minimum Gasteiger partial charge on any atom is -0.465 e. The minimum atomic E-state index is -0.636. The molecule has 0 aliphatic heterocycles. The van der Waals surface area contributed by atoms with Gasteiger partial charge in [0.25, 0.3) is 0 Å². The molecule has 0 atom stereocenters. The standard InChI is InChI=1S/C20H20N4O5S2/c1-11-7-13(9-30-11)17-22-23-20(24(17)2)31-10-16(25)21-15-8-12(18(26)28-3)5-6-14(15)19(27)29-4/h5-9H,10H2,1-4H3,(H,21,25). The summed E-state index contributed by atoms with van der Waals surface area (Å²) in [7, 11) is 4.31. The molecule has 31 heavy (non-hydrogen) atoms. The number of ether oxygens (including phenoxy) is 2. The SMILES string of the molecule is COC(=O)c1ccc(C(=O)OC)c(NC(=O)CSc2nnc(-c3csc(C)c3)n2C)c1. The van der Waals surface area contributed by atoms with Gasteiger partial charge in [-0.05, 0) is 31.2 Å². The van der Waals surface area contributed by atoms with E-state index in [4.69, 9.17) is 9.47 Å². The van der Waals surface area contributed by atoms with E-state index in [2.05, 4.69) is 15.5 Å². The highest BCUT2D eigenvalue weighted by Gasteiger charge is 2.18. The van der Waals surface area contributed by atoms with E-state index in [0.717, 1.165) is 5.56 Å². The number of hydrogen-bond acceptors (Lipinski definition) is 9. The molecule has 0 spiro atoms. The molecule has 11 heteroatoms. The van der Waals surface area contributed by atoms with Crippen molar-refractivity contribution < 1.29 is 23.9 Å². The fourth-order valence-electron chi connectivity index (χ4n) is 2.75. The number of thiophene rings is 1. The summed E-state index contributed by atoms with van der Waals surface area (Å²) in [5, 5.41) is 13.6. The molecule has 0 bridgehead atoms. The van der Waals surface area contributed by atoms with Gasteiger partial charge in [-0.25, -0.2) is 9.59 Å². The molecule has 1 N–H and O–H groups in total. The van der Waals surface area contributed by atoms with Crippen LogP contribution in [-0.2, 0) is 21.3 Å². The first-order chi connectivity index (χ1) is 14.8. The van der Waals surface area contributed by atoms with Crippen molar-refractivity contribution in [2.45, 2.75) is 12.1 Å². The molecule has 0 saturated heterocycles. The lowest BCUT2D eigenvalue weighted by Gasteiger charge is -2.11. The van der Waals surface area contributed by atoms with Crippen molar-refractivity contribution in [3.8, 4) is 11.4 Å². The van der Waals surface area contributed by atoms with Crippen molar-refractivity contribution in [1.29, 1.82) is 0 Å². The van der Waals surface area contributed by atoms with Gasteiger partial charge in [-0.1, -0.05) is 11.8 Å². The lowest BCUT2D eigenvalue weighted by molar-refractivity contribution is -0.113. The van der Waals surface area contributed by atoms with Crippen LogP contribution in [-0.4, -0.2) is 52.6 Å². The number of carbonyl (C=O) groups excluding carboxylic acids is 3. The number of nitrogens with zero attached hydrogens (tertiary/aromatic N) is 3. The van der Waals surface area contributed by atoms with E-state index in [9.17, 15) is 14.4 Å². The number of esters is 2. The highest BCUT2D eigenvalue weighted by Crippen LogP contribution is 2.27. The van der Waals surface area contributed by atoms with E-state index in [1.807, 2.05) is 30.0 Å². The first-order valence-corrected chi connectivity index (χ1v) is 10.9. The lowest BCUT2D eigenvalue weighted by atomic mass is 10.1. The summed E-state index contributed by atoms with van der Waals surface area (Å²) in [5.41, 5.74) is 1.45. The zero-order chi connectivity index (χ0) is 22.5. The van der Waals surface area contributed by atoms with Crippen LogP contribution in [0.2, 0.25) is 0 Å². The Balaban J connectivity index is 1.73. The highest BCUT2D eigenvalue weighted by molar-refractivity contribution is 7.99. The number of rotatable bonds is 7. The number of amides is 1. The van der Waals surface area contributed by atoms with Crippen LogP contribution in [0.15, 0.2) is 34.8 Å². The number of benzene rings is 1. The largest absolute Gasteiger partial charge is 0.465 e. The molecule has 1 amide bonds. The number of nitrogens with one attached hydrogen (secondary N) is 1. The number of hydrogen-bond donors (Lipinski definition) is 1. The molecular formula is C20H20N4O5S2. The van der Waals surface area contributed by atoms with Crippen LogP contribution >= 0.6 is 23.1 Å². The van der Waals surface area contributed by atoms with Crippen LogP contribution in [0.1, 0.15) is 25.6 Å². The molecule has 162 valence electrons. The van der Waals surface area contributed by atoms with Crippen LogP contribution in [0.3, 0.4) is 0 Å². The summed E-state index contributed by atoms with van der Waals surface area (Å²) < 4.78 is 11.3. The Morgan fingerprint density at radius 3 is 2.52 bits per heavy atom. The third kappa shape index (κ3) is 5.12. The third-order valence-corrected chi connectivity index (χ3v) is 6.16. The van der Waals surface area contributed by atoms with E-state index < -0.39 is 11.9 Å². The van der Waals surface area contributed by atoms with Gasteiger partial charge in [-0.15, -0.1) is 21.5 Å². The van der Waals surface area contributed by atoms with E-state index >= 15 is 0 Å². The van der Waals surface area contributed by atoms with Gasteiger partial charge >= 0.3 is 11.9 Å². The Bertz CT molecular complexity index is 1140. The van der Waals surface area contributed by atoms with E-state index in [0.29, 0.717) is 11.0 Å². The first-order valence-electron chi connectivity index (χ1n) is 9.02. The molecule has 2 heterocycles. The molecule has 9 nitrogen and oxygen atoms in total. The average Bonchev–Trinajstić information content (AvgIpc) is 3.36. The van der Waals surface area contributed by atoms with Crippen LogP contribution in [0.25, 0.3) is 11.4 Å². The number of methoxy groups -OCH3 is 2. The average molecular weight is 461 g/mol. The van der Waals surface area contributed by atoms with Gasteiger partial charge in [0.15, 0.2) is 11.0 Å². The van der Waals surface area contributed by atoms with E-state index in [1.54, 1.807) is 11.3 Å². The van der Waals surface area contributed by atoms with Gasteiger partial charge in [-0.3, -0.25) is 4.79 Å². The summed E-state index contributed by atoms with van der Waals surface area (Å²) in [6.45, 7) is 2.02. The zero-order valence-electron chi connectivity index (χ0n) is 17.3. The summed E-state index contributed by atoms with van der Waals surface area (Å²) in [6.07, 6.45) is 0. The van der Waals surface area contributed by atoms with Gasteiger partial charge in [-0.2, -0.15) is 0 Å². The van der Waals surface area contributed by atoms with Crippen LogP contribution in [0.4, 0.5) is 5.69 Å². The Kier molecular flexibility index (Phi) is 7.08. The molecule has 1 aromatic carbocycles. The third-order valence-electron chi connectivity index (χ3n) is 4.28. The Labute approximate surface area is 186 Å². The Morgan fingerprint density at radius 1 is 1.13 bits per heavy atom. The monoisotopic (exact) mass is 460 g/mol. The second-order valence-corrected chi connectivity index (χ2v) is 8.45. The van der Waals surface area contributed by atoms with Crippen molar-refractivity contribution in [3.63, 3.8) is 0 Å². The fourth-order valence-corrected chi connectivity index (χ4v) is 4.14. The van der Waals surface area contributed by atoms with Gasteiger partial charge in [0, 0.05) is 22.9 Å². The summed E-state index contributed by atoms with van der Waals surface area (Å²) >= 11 is 2.83. The van der Waals surface area contributed by atoms with Gasteiger partial charge in [0.05, 0.1) is 36.8 Å². The summed E-state index contributed by atoms with van der Waals surface area (Å²) in [5.74, 6) is -0.864. The Morgan fingerprint density at radius 2 is 1.87 bits per heavy atom. The highest BCUT2D eigenvalue weighted by atomic mass is 32.2. The lowest BCUT2D eigenvalue weighted by Crippen LogP contribution is -2.18. The van der Waals surface area contributed by atoms with Crippen molar-refractivity contribution in [2.24, 2.45) is 7.05 Å². The molecule has 3 rings (SSSR count). The van der Waals surface area contributed by atoms with Crippen molar-refractivity contribution in [2.75, 3.05) is 25.3 Å². The zero-order valence-corrected chi connectivity index (χ0v) is 18.9. The molecule has 0 unspecified atom stereocenters. The maximum atomic E-state index is 12.5. The second kappa shape index (κ2) is 9.75. The van der Waals surface area contributed by atoms with Gasteiger partial charge < -0.3 is 19.4 Å².